The molecule has 0 amide bonds. The lowest BCUT2D eigenvalue weighted by atomic mass is 9.84. The van der Waals surface area contributed by atoms with E-state index in [0.717, 1.165) is 11.7 Å². The number of benzene rings is 1. The van der Waals surface area contributed by atoms with E-state index in [0.29, 0.717) is 0 Å². The Labute approximate surface area is 111 Å². The van der Waals surface area contributed by atoms with Crippen LogP contribution in [0, 0.1) is 5.92 Å². The van der Waals surface area contributed by atoms with Crippen molar-refractivity contribution >= 4 is 5.57 Å². The molecule has 1 aliphatic carbocycles. The minimum Gasteiger partial charge on any atom is -0.497 e. The second kappa shape index (κ2) is 6.63. The maximum absolute atomic E-state index is 5.20. The molecular weight excluding hydrogens is 220 g/mol. The van der Waals surface area contributed by atoms with Gasteiger partial charge in [0, 0.05) is 0 Å². The third-order valence-corrected chi connectivity index (χ3v) is 3.95. The lowest BCUT2D eigenvalue weighted by molar-refractivity contribution is 0.414. The second-order valence-electron chi connectivity index (χ2n) is 5.24. The van der Waals surface area contributed by atoms with Gasteiger partial charge in [0.25, 0.3) is 0 Å². The van der Waals surface area contributed by atoms with Crippen molar-refractivity contribution in [2.75, 3.05) is 7.11 Å². The van der Waals surface area contributed by atoms with Gasteiger partial charge in [0.2, 0.25) is 0 Å². The van der Waals surface area contributed by atoms with Crippen LogP contribution < -0.4 is 4.74 Å². The van der Waals surface area contributed by atoms with Crippen molar-refractivity contribution in [3.8, 4) is 5.75 Å². The monoisotopic (exact) mass is 244 g/mol. The zero-order chi connectivity index (χ0) is 12.8. The Morgan fingerprint density at radius 1 is 1.22 bits per heavy atom. The lowest BCUT2D eigenvalue weighted by Crippen LogP contribution is -2.05. The van der Waals surface area contributed by atoms with E-state index >= 15 is 0 Å². The quantitative estimate of drug-likeness (QED) is 0.702. The smallest absolute Gasteiger partial charge is 0.118 e. The summed E-state index contributed by atoms with van der Waals surface area (Å²) in [6.07, 6.45) is 10.4. The van der Waals surface area contributed by atoms with Gasteiger partial charge in [0.15, 0.2) is 0 Å². The summed E-state index contributed by atoms with van der Waals surface area (Å²) in [7, 11) is 1.72. The van der Waals surface area contributed by atoms with Crippen LogP contribution in [0.2, 0.25) is 0 Å². The Morgan fingerprint density at radius 2 is 2.00 bits per heavy atom. The summed E-state index contributed by atoms with van der Waals surface area (Å²) in [4.78, 5) is 0. The van der Waals surface area contributed by atoms with E-state index in [1.54, 1.807) is 7.11 Å². The first kappa shape index (κ1) is 13.2. The van der Waals surface area contributed by atoms with Crippen LogP contribution >= 0.6 is 0 Å². The zero-order valence-electron chi connectivity index (χ0n) is 11.6. The van der Waals surface area contributed by atoms with Crippen LogP contribution in [0.3, 0.4) is 0 Å². The third-order valence-electron chi connectivity index (χ3n) is 3.95. The van der Waals surface area contributed by atoms with Gasteiger partial charge in [0.05, 0.1) is 7.11 Å². The van der Waals surface area contributed by atoms with Gasteiger partial charge in [-0.3, -0.25) is 0 Å². The van der Waals surface area contributed by atoms with Gasteiger partial charge >= 0.3 is 0 Å². The van der Waals surface area contributed by atoms with Crippen molar-refractivity contribution in [1.82, 2.24) is 0 Å². The number of allylic oxidation sites excluding steroid dienone is 2. The highest BCUT2D eigenvalue weighted by Crippen LogP contribution is 2.33. The Bertz CT molecular complexity index is 389. The molecule has 1 aromatic carbocycles. The first-order chi connectivity index (χ1) is 8.83. The van der Waals surface area contributed by atoms with Crippen LogP contribution in [-0.2, 0) is 0 Å². The van der Waals surface area contributed by atoms with Crippen LogP contribution in [0.1, 0.15) is 51.0 Å². The zero-order valence-corrected chi connectivity index (χ0v) is 11.6. The molecule has 0 aliphatic heterocycles. The summed E-state index contributed by atoms with van der Waals surface area (Å²) in [6, 6.07) is 8.47. The number of unbranched alkanes of at least 4 members (excludes halogenated alkanes) is 1. The number of ether oxygens (including phenoxy) is 1. The molecule has 0 bridgehead atoms. The van der Waals surface area contributed by atoms with E-state index in [9.17, 15) is 0 Å². The molecule has 0 spiro atoms. The molecule has 2 rings (SSSR count). The molecule has 0 N–H and O–H groups in total. The van der Waals surface area contributed by atoms with Crippen LogP contribution in [0.4, 0.5) is 0 Å². The molecule has 0 aromatic heterocycles. The fourth-order valence-corrected chi connectivity index (χ4v) is 2.71. The molecule has 0 saturated heterocycles. The fraction of sp³-hybridized carbons (Fsp3) is 0.529. The Hall–Kier alpha value is -1.24. The molecule has 18 heavy (non-hydrogen) atoms. The van der Waals surface area contributed by atoms with Crippen molar-refractivity contribution in [2.45, 2.75) is 45.4 Å². The molecule has 0 fully saturated rings. The number of rotatable bonds is 5. The topological polar surface area (TPSA) is 9.23 Å². The molecule has 0 radical (unpaired) electrons. The maximum atomic E-state index is 5.20. The first-order valence-electron chi connectivity index (χ1n) is 7.17. The van der Waals surface area contributed by atoms with Crippen molar-refractivity contribution in [2.24, 2.45) is 5.92 Å². The number of hydrogen-bond donors (Lipinski definition) is 0. The summed E-state index contributed by atoms with van der Waals surface area (Å²) in [5.74, 6) is 1.86. The summed E-state index contributed by atoms with van der Waals surface area (Å²) in [5.41, 5.74) is 2.88. The van der Waals surface area contributed by atoms with E-state index in [-0.39, 0.29) is 0 Å². The Morgan fingerprint density at radius 3 is 2.56 bits per heavy atom. The van der Waals surface area contributed by atoms with Gasteiger partial charge in [-0.2, -0.15) is 0 Å². The Balaban J connectivity index is 1.95. The summed E-state index contributed by atoms with van der Waals surface area (Å²) in [5, 5.41) is 0. The highest BCUT2D eigenvalue weighted by Gasteiger charge is 2.14. The molecule has 98 valence electrons. The van der Waals surface area contributed by atoms with E-state index < -0.39 is 0 Å². The standard InChI is InChI=1S/C17H24O/c1-3-4-5-14-6-8-15(9-7-14)16-10-12-17(18-2)13-11-16/h8,10-14H,3-7,9H2,1-2H3. The van der Waals surface area contributed by atoms with Gasteiger partial charge < -0.3 is 4.74 Å². The summed E-state index contributed by atoms with van der Waals surface area (Å²) >= 11 is 0. The van der Waals surface area contributed by atoms with E-state index in [1.165, 1.54) is 49.7 Å². The molecule has 1 aromatic rings. The van der Waals surface area contributed by atoms with Crippen molar-refractivity contribution in [1.29, 1.82) is 0 Å². The normalized spacial score (nSPS) is 19.4. The highest BCUT2D eigenvalue weighted by molar-refractivity contribution is 5.66. The lowest BCUT2D eigenvalue weighted by Gasteiger charge is -2.22. The molecule has 1 nitrogen and oxygen atoms in total. The van der Waals surface area contributed by atoms with Gasteiger partial charge in [-0.15, -0.1) is 0 Å². The predicted molar refractivity (Wildman–Crippen MR) is 77.8 cm³/mol. The Kier molecular flexibility index (Phi) is 4.86. The minimum absolute atomic E-state index is 0.923. The predicted octanol–water partition coefficient (Wildman–Crippen LogP) is 5.07. The number of hydrogen-bond acceptors (Lipinski definition) is 1. The van der Waals surface area contributed by atoms with E-state index in [4.69, 9.17) is 4.74 Å². The third kappa shape index (κ3) is 3.38. The molecule has 0 saturated carbocycles. The van der Waals surface area contributed by atoms with Gasteiger partial charge in [-0.05, 0) is 48.4 Å². The van der Waals surface area contributed by atoms with Gasteiger partial charge in [-0.25, -0.2) is 0 Å². The summed E-state index contributed by atoms with van der Waals surface area (Å²) < 4.78 is 5.20. The molecule has 1 unspecified atom stereocenters. The fourth-order valence-electron chi connectivity index (χ4n) is 2.71. The van der Waals surface area contributed by atoms with Crippen LogP contribution in [0.25, 0.3) is 5.57 Å². The molecule has 1 atom stereocenters. The average molecular weight is 244 g/mol. The van der Waals surface area contributed by atoms with Crippen molar-refractivity contribution in [3.63, 3.8) is 0 Å². The second-order valence-corrected chi connectivity index (χ2v) is 5.24. The van der Waals surface area contributed by atoms with Crippen molar-refractivity contribution in [3.05, 3.63) is 35.9 Å². The summed E-state index contributed by atoms with van der Waals surface area (Å²) in [6.45, 7) is 2.28. The average Bonchev–Trinajstić information content (AvgIpc) is 2.46. The van der Waals surface area contributed by atoms with Crippen molar-refractivity contribution < 1.29 is 4.74 Å². The molecule has 1 aliphatic rings. The molecule has 1 heteroatoms. The van der Waals surface area contributed by atoms with Crippen LogP contribution in [0.15, 0.2) is 30.3 Å². The maximum Gasteiger partial charge on any atom is 0.118 e. The largest absolute Gasteiger partial charge is 0.497 e. The molecular formula is C17H24O. The van der Waals surface area contributed by atoms with Crippen LogP contribution in [0.5, 0.6) is 5.75 Å². The minimum atomic E-state index is 0.923. The van der Waals surface area contributed by atoms with E-state index in [1.807, 2.05) is 0 Å². The first-order valence-corrected chi connectivity index (χ1v) is 7.17. The number of methoxy groups -OCH3 is 1. The van der Waals surface area contributed by atoms with Gasteiger partial charge in [0.1, 0.15) is 5.75 Å². The SMILES string of the molecule is CCCCC1CC=C(c2ccc(OC)cc2)CC1. The molecule has 0 heterocycles. The highest BCUT2D eigenvalue weighted by atomic mass is 16.5. The van der Waals surface area contributed by atoms with Crippen LogP contribution in [-0.4, -0.2) is 7.11 Å². The van der Waals surface area contributed by atoms with E-state index in [2.05, 4.69) is 37.3 Å². The van der Waals surface area contributed by atoms with Gasteiger partial charge in [-0.1, -0.05) is 44.4 Å².